The molecule has 0 aromatic heterocycles. The van der Waals surface area contributed by atoms with E-state index in [0.717, 1.165) is 17.7 Å². The SMILES string of the molecule is CCCOc1ccccc1NC(=O)CN1CCc2cc(S(N)(=O)=O)ccc21. The van der Waals surface area contributed by atoms with Gasteiger partial charge in [0, 0.05) is 12.2 Å². The Labute approximate surface area is 159 Å². The molecule has 0 bridgehead atoms. The number of nitrogens with zero attached hydrogens (tertiary/aromatic N) is 1. The fraction of sp³-hybridized carbons (Fsp3) is 0.316. The van der Waals surface area contributed by atoms with Crippen molar-refractivity contribution >= 4 is 27.3 Å². The molecule has 3 N–H and O–H groups in total. The third-order valence-corrected chi connectivity index (χ3v) is 5.24. The van der Waals surface area contributed by atoms with Crippen molar-refractivity contribution in [1.82, 2.24) is 0 Å². The predicted octanol–water partition coefficient (Wildman–Crippen LogP) is 2.12. The van der Waals surface area contributed by atoms with Gasteiger partial charge >= 0.3 is 0 Å². The summed E-state index contributed by atoms with van der Waals surface area (Å²) in [7, 11) is -3.73. The Hall–Kier alpha value is -2.58. The molecule has 0 spiro atoms. The van der Waals surface area contributed by atoms with Crippen molar-refractivity contribution in [2.45, 2.75) is 24.7 Å². The number of primary sulfonamides is 1. The van der Waals surface area contributed by atoms with Crippen LogP contribution in [0, 0.1) is 0 Å². The first-order chi connectivity index (χ1) is 12.9. The smallest absolute Gasteiger partial charge is 0.243 e. The van der Waals surface area contributed by atoms with Gasteiger partial charge in [-0.15, -0.1) is 0 Å². The Morgan fingerprint density at radius 3 is 2.78 bits per heavy atom. The molecule has 3 rings (SSSR count). The molecule has 0 saturated heterocycles. The molecule has 1 aliphatic heterocycles. The number of hydrogen-bond donors (Lipinski definition) is 2. The fourth-order valence-corrected chi connectivity index (χ4v) is 3.62. The van der Waals surface area contributed by atoms with Crippen LogP contribution in [0.1, 0.15) is 18.9 Å². The zero-order valence-corrected chi connectivity index (χ0v) is 16.0. The van der Waals surface area contributed by atoms with E-state index in [1.165, 1.54) is 6.07 Å². The summed E-state index contributed by atoms with van der Waals surface area (Å²) in [5.41, 5.74) is 2.37. The summed E-state index contributed by atoms with van der Waals surface area (Å²) in [4.78, 5) is 14.5. The van der Waals surface area contributed by atoms with E-state index >= 15 is 0 Å². The summed E-state index contributed by atoms with van der Waals surface area (Å²) in [5, 5.41) is 8.07. The quantitative estimate of drug-likeness (QED) is 0.755. The van der Waals surface area contributed by atoms with Crippen molar-refractivity contribution in [3.05, 3.63) is 48.0 Å². The normalized spacial score (nSPS) is 13.3. The molecule has 7 nitrogen and oxygen atoms in total. The van der Waals surface area contributed by atoms with Crippen molar-refractivity contribution in [1.29, 1.82) is 0 Å². The molecule has 0 fully saturated rings. The van der Waals surface area contributed by atoms with Crippen molar-refractivity contribution in [2.75, 3.05) is 29.9 Å². The number of carbonyl (C=O) groups is 1. The van der Waals surface area contributed by atoms with Gasteiger partial charge in [-0.05, 0) is 48.7 Å². The van der Waals surface area contributed by atoms with E-state index in [1.807, 2.05) is 30.0 Å². The number of amides is 1. The summed E-state index contributed by atoms with van der Waals surface area (Å²) in [5.74, 6) is 0.484. The van der Waals surface area contributed by atoms with Gasteiger partial charge in [-0.3, -0.25) is 4.79 Å². The number of rotatable bonds is 7. The highest BCUT2D eigenvalue weighted by molar-refractivity contribution is 7.89. The first-order valence-corrected chi connectivity index (χ1v) is 10.4. The minimum absolute atomic E-state index is 0.0922. The molecule has 0 unspecified atom stereocenters. The molecule has 2 aromatic carbocycles. The average Bonchev–Trinajstić information content (AvgIpc) is 3.02. The first-order valence-electron chi connectivity index (χ1n) is 8.81. The monoisotopic (exact) mass is 389 g/mol. The van der Waals surface area contributed by atoms with Gasteiger partial charge in [0.1, 0.15) is 5.75 Å². The zero-order valence-electron chi connectivity index (χ0n) is 15.1. The third-order valence-electron chi connectivity index (χ3n) is 4.33. The van der Waals surface area contributed by atoms with Crippen LogP contribution in [0.4, 0.5) is 11.4 Å². The molecule has 27 heavy (non-hydrogen) atoms. The van der Waals surface area contributed by atoms with Crippen LogP contribution in [-0.2, 0) is 21.2 Å². The lowest BCUT2D eigenvalue weighted by Crippen LogP contribution is -2.32. The number of nitrogens with one attached hydrogen (secondary N) is 1. The largest absolute Gasteiger partial charge is 0.491 e. The molecule has 1 aliphatic rings. The van der Waals surface area contributed by atoms with Crippen LogP contribution in [0.3, 0.4) is 0 Å². The number of sulfonamides is 1. The van der Waals surface area contributed by atoms with E-state index in [9.17, 15) is 13.2 Å². The number of benzene rings is 2. The maximum atomic E-state index is 12.5. The summed E-state index contributed by atoms with van der Waals surface area (Å²) >= 11 is 0. The van der Waals surface area contributed by atoms with E-state index in [4.69, 9.17) is 9.88 Å². The fourth-order valence-electron chi connectivity index (χ4n) is 3.06. The second kappa shape index (κ2) is 7.98. The van der Waals surface area contributed by atoms with Gasteiger partial charge in [-0.1, -0.05) is 19.1 Å². The molecular weight excluding hydrogens is 366 g/mol. The summed E-state index contributed by atoms with van der Waals surface area (Å²) in [6.45, 7) is 3.42. The van der Waals surface area contributed by atoms with Crippen LogP contribution in [0.5, 0.6) is 5.75 Å². The van der Waals surface area contributed by atoms with Crippen molar-refractivity contribution in [3.63, 3.8) is 0 Å². The Morgan fingerprint density at radius 1 is 1.26 bits per heavy atom. The Kier molecular flexibility index (Phi) is 5.67. The van der Waals surface area contributed by atoms with E-state index in [2.05, 4.69) is 5.32 Å². The van der Waals surface area contributed by atoms with Gasteiger partial charge in [0.15, 0.2) is 0 Å². The molecular formula is C19H23N3O4S. The standard InChI is InChI=1S/C19H23N3O4S/c1-2-11-26-18-6-4-3-5-16(18)21-19(23)13-22-10-9-14-12-15(27(20,24)25)7-8-17(14)22/h3-8,12H,2,9-11,13H2,1H3,(H,21,23)(H2,20,24,25). The number of ether oxygens (including phenoxy) is 1. The van der Waals surface area contributed by atoms with Crippen LogP contribution in [0.15, 0.2) is 47.4 Å². The number of fused-ring (bicyclic) bond motifs is 1. The van der Waals surface area contributed by atoms with E-state index in [1.54, 1.807) is 18.2 Å². The van der Waals surface area contributed by atoms with Crippen LogP contribution in [0.2, 0.25) is 0 Å². The summed E-state index contributed by atoms with van der Waals surface area (Å²) in [6.07, 6.45) is 1.55. The number of carbonyl (C=O) groups excluding carboxylic acids is 1. The van der Waals surface area contributed by atoms with E-state index < -0.39 is 10.0 Å². The molecule has 1 amide bonds. The lowest BCUT2D eigenvalue weighted by Gasteiger charge is -2.19. The van der Waals surface area contributed by atoms with Crippen molar-refractivity contribution in [2.24, 2.45) is 5.14 Å². The second-order valence-corrected chi connectivity index (χ2v) is 7.96. The Bertz CT molecular complexity index is 944. The number of anilines is 2. The molecule has 0 atom stereocenters. The average molecular weight is 389 g/mol. The highest BCUT2D eigenvalue weighted by Gasteiger charge is 2.23. The lowest BCUT2D eigenvalue weighted by molar-refractivity contribution is -0.115. The minimum atomic E-state index is -3.73. The Balaban J connectivity index is 1.69. The molecule has 0 aliphatic carbocycles. The van der Waals surface area contributed by atoms with E-state index in [0.29, 0.717) is 31.0 Å². The topological polar surface area (TPSA) is 102 Å². The van der Waals surface area contributed by atoms with Gasteiger partial charge < -0.3 is 15.0 Å². The van der Waals surface area contributed by atoms with Crippen LogP contribution >= 0.6 is 0 Å². The lowest BCUT2D eigenvalue weighted by atomic mass is 10.2. The summed E-state index contributed by atoms with van der Waals surface area (Å²) < 4.78 is 28.6. The van der Waals surface area contributed by atoms with Crippen molar-refractivity contribution in [3.8, 4) is 5.75 Å². The minimum Gasteiger partial charge on any atom is -0.491 e. The van der Waals surface area contributed by atoms with Gasteiger partial charge in [0.2, 0.25) is 15.9 Å². The number of para-hydroxylation sites is 2. The van der Waals surface area contributed by atoms with Crippen LogP contribution < -0.4 is 20.1 Å². The predicted molar refractivity (Wildman–Crippen MR) is 105 cm³/mol. The number of hydrogen-bond acceptors (Lipinski definition) is 5. The highest BCUT2D eigenvalue weighted by Crippen LogP contribution is 2.30. The summed E-state index contributed by atoms with van der Waals surface area (Å²) in [6, 6.07) is 12.1. The molecule has 0 saturated carbocycles. The molecule has 1 heterocycles. The van der Waals surface area contributed by atoms with Gasteiger partial charge in [0.25, 0.3) is 0 Å². The molecule has 8 heteroatoms. The van der Waals surface area contributed by atoms with Crippen LogP contribution in [-0.4, -0.2) is 34.0 Å². The van der Waals surface area contributed by atoms with Gasteiger partial charge in [-0.25, -0.2) is 13.6 Å². The third kappa shape index (κ3) is 4.58. The molecule has 2 aromatic rings. The first kappa shape index (κ1) is 19.2. The highest BCUT2D eigenvalue weighted by atomic mass is 32.2. The zero-order chi connectivity index (χ0) is 19.4. The maximum Gasteiger partial charge on any atom is 0.243 e. The second-order valence-electron chi connectivity index (χ2n) is 6.40. The molecule has 144 valence electrons. The Morgan fingerprint density at radius 2 is 2.04 bits per heavy atom. The van der Waals surface area contributed by atoms with E-state index in [-0.39, 0.29) is 17.3 Å². The molecule has 0 radical (unpaired) electrons. The number of nitrogens with two attached hydrogens (primary N) is 1. The van der Waals surface area contributed by atoms with Gasteiger partial charge in [0.05, 0.1) is 23.7 Å². The van der Waals surface area contributed by atoms with Gasteiger partial charge in [-0.2, -0.15) is 0 Å². The van der Waals surface area contributed by atoms with Crippen LogP contribution in [0.25, 0.3) is 0 Å². The maximum absolute atomic E-state index is 12.5. The van der Waals surface area contributed by atoms with Crippen molar-refractivity contribution < 1.29 is 17.9 Å².